The topological polar surface area (TPSA) is 83.1 Å². The van der Waals surface area contributed by atoms with Gasteiger partial charge in [-0.05, 0) is 29.7 Å². The Bertz CT molecular complexity index is 1210. The molecule has 0 radical (unpaired) electrons. The maximum absolute atomic E-state index is 5.97. The van der Waals surface area contributed by atoms with Crippen molar-refractivity contribution in [2.24, 2.45) is 7.05 Å². The van der Waals surface area contributed by atoms with Gasteiger partial charge < -0.3 is 14.4 Å². The molecule has 1 saturated heterocycles. The van der Waals surface area contributed by atoms with Gasteiger partial charge in [0.1, 0.15) is 5.82 Å². The summed E-state index contributed by atoms with van der Waals surface area (Å²) < 4.78 is 15.1. The predicted molar refractivity (Wildman–Crippen MR) is 121 cm³/mol. The number of nitrogens with zero attached hydrogens (tertiary/aromatic N) is 7. The average molecular weight is 434 g/mol. The lowest BCUT2D eigenvalue weighted by Gasteiger charge is -2.28. The molecular weight excluding hydrogens is 406 g/mol. The molecular formula is C23H27N7O2. The molecule has 0 saturated carbocycles. The van der Waals surface area contributed by atoms with Gasteiger partial charge in [-0.15, -0.1) is 0 Å². The van der Waals surface area contributed by atoms with Crippen molar-refractivity contribution in [2.45, 2.75) is 19.8 Å². The zero-order valence-corrected chi connectivity index (χ0v) is 18.4. The van der Waals surface area contributed by atoms with E-state index in [0.29, 0.717) is 31.6 Å². The van der Waals surface area contributed by atoms with Crippen LogP contribution in [0.15, 0.2) is 42.9 Å². The van der Waals surface area contributed by atoms with E-state index >= 15 is 0 Å². The molecule has 166 valence electrons. The van der Waals surface area contributed by atoms with E-state index in [1.807, 2.05) is 36.4 Å². The van der Waals surface area contributed by atoms with Crippen LogP contribution in [-0.4, -0.2) is 62.4 Å². The molecule has 1 aliphatic rings. The summed E-state index contributed by atoms with van der Waals surface area (Å²) in [6.45, 7) is 5.56. The summed E-state index contributed by atoms with van der Waals surface area (Å²) in [6.07, 6.45) is 7.57. The summed E-state index contributed by atoms with van der Waals surface area (Å²) in [4.78, 5) is 11.5. The van der Waals surface area contributed by atoms with E-state index in [2.05, 4.69) is 45.1 Å². The highest BCUT2D eigenvalue weighted by Crippen LogP contribution is 2.22. The number of aromatic nitrogens is 6. The normalized spacial score (nSPS) is 14.2. The van der Waals surface area contributed by atoms with E-state index in [4.69, 9.17) is 14.6 Å². The zero-order valence-electron chi connectivity index (χ0n) is 18.4. The first-order valence-electron chi connectivity index (χ1n) is 11.0. The van der Waals surface area contributed by atoms with Crippen molar-refractivity contribution in [1.82, 2.24) is 29.5 Å². The van der Waals surface area contributed by atoms with E-state index in [0.717, 1.165) is 48.2 Å². The van der Waals surface area contributed by atoms with Gasteiger partial charge >= 0.3 is 6.01 Å². The van der Waals surface area contributed by atoms with Crippen LogP contribution in [0.4, 0.5) is 5.82 Å². The lowest BCUT2D eigenvalue weighted by molar-refractivity contribution is 0.122. The summed E-state index contributed by atoms with van der Waals surface area (Å²) in [5.41, 5.74) is 3.34. The van der Waals surface area contributed by atoms with Crippen LogP contribution < -0.4 is 9.64 Å². The van der Waals surface area contributed by atoms with E-state index < -0.39 is 0 Å². The van der Waals surface area contributed by atoms with Gasteiger partial charge in [-0.2, -0.15) is 20.2 Å². The zero-order chi connectivity index (χ0) is 21.9. The SMILES string of the molecule is CCc1ccc2nn(-c3cc(N4CCOCC4)nc(OCCc4cnn(C)c4)n3)cc2c1. The monoisotopic (exact) mass is 433 g/mol. The molecule has 0 bridgehead atoms. The number of hydrogen-bond acceptors (Lipinski definition) is 7. The lowest BCUT2D eigenvalue weighted by Crippen LogP contribution is -2.37. The van der Waals surface area contributed by atoms with Gasteiger partial charge in [0.25, 0.3) is 0 Å². The molecule has 0 spiro atoms. The molecule has 0 N–H and O–H groups in total. The minimum atomic E-state index is 0.349. The van der Waals surface area contributed by atoms with E-state index in [9.17, 15) is 0 Å². The molecule has 1 aliphatic heterocycles. The molecule has 32 heavy (non-hydrogen) atoms. The molecule has 4 heterocycles. The van der Waals surface area contributed by atoms with Crippen LogP contribution in [0, 0.1) is 0 Å². The summed E-state index contributed by atoms with van der Waals surface area (Å²) in [5, 5.41) is 10.0. The number of fused-ring (bicyclic) bond motifs is 1. The summed E-state index contributed by atoms with van der Waals surface area (Å²) >= 11 is 0. The van der Waals surface area contributed by atoms with Gasteiger partial charge in [-0.25, -0.2) is 4.68 Å². The van der Waals surface area contributed by atoms with Crippen LogP contribution in [0.3, 0.4) is 0 Å². The quantitative estimate of drug-likeness (QED) is 0.443. The Morgan fingerprint density at radius 3 is 2.66 bits per heavy atom. The fourth-order valence-corrected chi connectivity index (χ4v) is 3.81. The third kappa shape index (κ3) is 4.43. The number of anilines is 1. The minimum Gasteiger partial charge on any atom is -0.463 e. The number of aryl methyl sites for hydroxylation is 2. The second-order valence-corrected chi connectivity index (χ2v) is 7.91. The fraction of sp³-hybridized carbons (Fsp3) is 0.391. The van der Waals surface area contributed by atoms with Gasteiger partial charge in [0.15, 0.2) is 5.82 Å². The Hall–Kier alpha value is -3.46. The summed E-state index contributed by atoms with van der Waals surface area (Å²) in [5.74, 6) is 1.51. The first-order chi connectivity index (χ1) is 15.7. The number of morpholine rings is 1. The molecule has 0 aliphatic carbocycles. The molecule has 1 aromatic carbocycles. The molecule has 3 aromatic heterocycles. The van der Waals surface area contributed by atoms with Crippen molar-refractivity contribution < 1.29 is 9.47 Å². The summed E-state index contributed by atoms with van der Waals surface area (Å²) in [7, 11) is 1.91. The number of rotatable bonds is 7. The van der Waals surface area contributed by atoms with Crippen LogP contribution in [-0.2, 0) is 24.6 Å². The highest BCUT2D eigenvalue weighted by molar-refractivity contribution is 5.79. The summed E-state index contributed by atoms with van der Waals surface area (Å²) in [6, 6.07) is 8.66. The maximum Gasteiger partial charge on any atom is 0.320 e. The fourth-order valence-electron chi connectivity index (χ4n) is 3.81. The van der Waals surface area contributed by atoms with Crippen molar-refractivity contribution in [2.75, 3.05) is 37.8 Å². The van der Waals surface area contributed by atoms with Crippen LogP contribution in [0.1, 0.15) is 18.1 Å². The van der Waals surface area contributed by atoms with E-state index in [1.165, 1.54) is 5.56 Å². The van der Waals surface area contributed by atoms with Crippen molar-refractivity contribution >= 4 is 16.7 Å². The van der Waals surface area contributed by atoms with Crippen molar-refractivity contribution in [3.63, 3.8) is 0 Å². The van der Waals surface area contributed by atoms with Crippen LogP contribution in [0.5, 0.6) is 6.01 Å². The smallest absolute Gasteiger partial charge is 0.320 e. The molecule has 5 rings (SSSR count). The van der Waals surface area contributed by atoms with Crippen LogP contribution >= 0.6 is 0 Å². The second-order valence-electron chi connectivity index (χ2n) is 7.91. The third-order valence-corrected chi connectivity index (χ3v) is 5.61. The standard InChI is InChI=1S/C23H27N7O2/c1-3-17-4-5-20-19(12-17)16-30(27-20)22-13-21(29-7-10-31-11-8-29)25-23(26-22)32-9-6-18-14-24-28(2)15-18/h4-5,12-16H,3,6-11H2,1-2H3. The van der Waals surface area contributed by atoms with Gasteiger partial charge in [-0.1, -0.05) is 13.0 Å². The Morgan fingerprint density at radius 1 is 1.03 bits per heavy atom. The first-order valence-corrected chi connectivity index (χ1v) is 11.0. The molecule has 0 atom stereocenters. The van der Waals surface area contributed by atoms with Gasteiger partial charge in [-0.3, -0.25) is 4.68 Å². The van der Waals surface area contributed by atoms with Crippen LogP contribution in [0.25, 0.3) is 16.7 Å². The van der Waals surface area contributed by atoms with E-state index in [1.54, 1.807) is 4.68 Å². The number of hydrogen-bond donors (Lipinski definition) is 0. The molecule has 9 nitrogen and oxygen atoms in total. The predicted octanol–water partition coefficient (Wildman–Crippen LogP) is 2.57. The molecule has 1 fully saturated rings. The number of ether oxygens (including phenoxy) is 2. The number of benzene rings is 1. The van der Waals surface area contributed by atoms with Crippen LogP contribution in [0.2, 0.25) is 0 Å². The largest absolute Gasteiger partial charge is 0.463 e. The van der Waals surface area contributed by atoms with Crippen molar-refractivity contribution in [3.05, 3.63) is 54.0 Å². The van der Waals surface area contributed by atoms with Gasteiger partial charge in [0, 0.05) is 50.4 Å². The molecule has 0 unspecified atom stereocenters. The lowest BCUT2D eigenvalue weighted by atomic mass is 10.1. The Morgan fingerprint density at radius 2 is 1.88 bits per heavy atom. The van der Waals surface area contributed by atoms with Gasteiger partial charge in [0.05, 0.1) is 31.5 Å². The highest BCUT2D eigenvalue weighted by atomic mass is 16.5. The molecule has 4 aromatic rings. The van der Waals surface area contributed by atoms with Gasteiger partial charge in [0.2, 0.25) is 0 Å². The second kappa shape index (κ2) is 8.96. The molecule has 0 amide bonds. The Labute approximate surface area is 186 Å². The first kappa shape index (κ1) is 20.4. The third-order valence-electron chi connectivity index (χ3n) is 5.61. The Kier molecular flexibility index (Phi) is 5.72. The Balaban J connectivity index is 1.44. The highest BCUT2D eigenvalue weighted by Gasteiger charge is 2.17. The minimum absolute atomic E-state index is 0.349. The molecule has 9 heteroatoms. The van der Waals surface area contributed by atoms with Crippen molar-refractivity contribution in [1.29, 1.82) is 0 Å². The van der Waals surface area contributed by atoms with Crippen molar-refractivity contribution in [3.8, 4) is 11.8 Å². The average Bonchev–Trinajstić information content (AvgIpc) is 3.45. The maximum atomic E-state index is 5.97. The van der Waals surface area contributed by atoms with E-state index in [-0.39, 0.29) is 0 Å².